The van der Waals surface area contributed by atoms with Gasteiger partial charge in [0, 0.05) is 17.6 Å². The van der Waals surface area contributed by atoms with Gasteiger partial charge in [-0.05, 0) is 37.0 Å². The van der Waals surface area contributed by atoms with Crippen molar-refractivity contribution in [1.29, 1.82) is 0 Å². The van der Waals surface area contributed by atoms with E-state index in [1.807, 2.05) is 69.3 Å². The van der Waals surface area contributed by atoms with Crippen LogP contribution in [0.4, 0.5) is 0 Å². The smallest absolute Gasteiger partial charge is 0.243 e. The van der Waals surface area contributed by atoms with E-state index in [-0.39, 0.29) is 24.3 Å². The minimum atomic E-state index is -0.524. The van der Waals surface area contributed by atoms with Crippen LogP contribution in [0.1, 0.15) is 44.7 Å². The number of carbonyl (C=O) groups is 2. The van der Waals surface area contributed by atoms with Crippen molar-refractivity contribution in [3.63, 3.8) is 0 Å². The lowest BCUT2D eigenvalue weighted by molar-refractivity contribution is -0.141. The number of benzene rings is 2. The Morgan fingerprint density at radius 3 is 2.25 bits per heavy atom. The molecule has 5 heteroatoms. The van der Waals surface area contributed by atoms with Crippen molar-refractivity contribution in [2.45, 2.75) is 58.7 Å². The first-order chi connectivity index (χ1) is 13.5. The van der Waals surface area contributed by atoms with Crippen LogP contribution in [0.3, 0.4) is 0 Å². The van der Waals surface area contributed by atoms with Crippen molar-refractivity contribution in [2.75, 3.05) is 0 Å². The molecular formula is C23H29ClN2O2. The minimum Gasteiger partial charge on any atom is -0.352 e. The van der Waals surface area contributed by atoms with E-state index in [1.54, 1.807) is 11.0 Å². The highest BCUT2D eigenvalue weighted by Crippen LogP contribution is 2.19. The summed E-state index contributed by atoms with van der Waals surface area (Å²) < 4.78 is 0. The van der Waals surface area contributed by atoms with Gasteiger partial charge in [-0.1, -0.05) is 74.0 Å². The molecule has 0 aliphatic rings. The van der Waals surface area contributed by atoms with Crippen molar-refractivity contribution in [1.82, 2.24) is 10.2 Å². The number of carbonyl (C=O) groups excluding carboxylic acids is 2. The molecule has 0 bridgehead atoms. The number of nitrogens with zero attached hydrogens (tertiary/aromatic N) is 1. The molecule has 2 unspecified atom stereocenters. The van der Waals surface area contributed by atoms with Gasteiger partial charge in [-0.25, -0.2) is 0 Å². The molecule has 0 saturated carbocycles. The predicted octanol–water partition coefficient (Wildman–Crippen LogP) is 4.60. The van der Waals surface area contributed by atoms with Crippen LogP contribution in [-0.2, 0) is 22.6 Å². The number of hydrogen-bond donors (Lipinski definition) is 1. The average molecular weight is 401 g/mol. The summed E-state index contributed by atoms with van der Waals surface area (Å²) in [6.07, 6.45) is 1.55. The lowest BCUT2D eigenvalue weighted by atomic mass is 10.1. The van der Waals surface area contributed by atoms with Crippen LogP contribution in [0.5, 0.6) is 0 Å². The molecule has 0 aliphatic carbocycles. The van der Waals surface area contributed by atoms with E-state index in [9.17, 15) is 9.59 Å². The summed E-state index contributed by atoms with van der Waals surface area (Å²) in [4.78, 5) is 27.8. The van der Waals surface area contributed by atoms with Gasteiger partial charge in [-0.15, -0.1) is 0 Å². The summed E-state index contributed by atoms with van der Waals surface area (Å²) in [6, 6.07) is 16.6. The Balaban J connectivity index is 2.27. The Kier molecular flexibility index (Phi) is 8.52. The predicted molar refractivity (Wildman–Crippen MR) is 114 cm³/mol. The highest BCUT2D eigenvalue weighted by Gasteiger charge is 2.29. The molecule has 2 amide bonds. The lowest BCUT2D eigenvalue weighted by Crippen LogP contribution is -2.51. The molecule has 0 aliphatic heterocycles. The summed E-state index contributed by atoms with van der Waals surface area (Å²) in [6.45, 7) is 6.31. The van der Waals surface area contributed by atoms with Crippen LogP contribution in [0, 0.1) is 0 Å². The van der Waals surface area contributed by atoms with Crippen LogP contribution in [-0.4, -0.2) is 28.8 Å². The number of nitrogens with one attached hydrogen (secondary N) is 1. The molecule has 4 nitrogen and oxygen atoms in total. The van der Waals surface area contributed by atoms with E-state index in [0.29, 0.717) is 18.0 Å². The molecule has 0 aromatic heterocycles. The third kappa shape index (κ3) is 6.10. The zero-order valence-electron chi connectivity index (χ0n) is 16.8. The van der Waals surface area contributed by atoms with Gasteiger partial charge in [0.1, 0.15) is 6.04 Å². The van der Waals surface area contributed by atoms with Gasteiger partial charge in [-0.3, -0.25) is 9.59 Å². The standard InChI is InChI=1S/C23H29ClN2O2/c1-4-17(3)25-23(28)21(5-2)26(16-18-11-7-6-8-12-18)22(27)15-19-13-9-10-14-20(19)24/h6-14,17,21H,4-5,15-16H2,1-3H3,(H,25,28). The summed E-state index contributed by atoms with van der Waals surface area (Å²) in [5.41, 5.74) is 1.76. The Hall–Kier alpha value is -2.33. The van der Waals surface area contributed by atoms with Gasteiger partial charge < -0.3 is 10.2 Å². The molecule has 0 saturated heterocycles. The lowest BCUT2D eigenvalue weighted by Gasteiger charge is -2.31. The van der Waals surface area contributed by atoms with Crippen LogP contribution < -0.4 is 5.32 Å². The van der Waals surface area contributed by atoms with E-state index >= 15 is 0 Å². The molecule has 2 aromatic rings. The van der Waals surface area contributed by atoms with Gasteiger partial charge in [0.25, 0.3) is 0 Å². The molecule has 0 radical (unpaired) electrons. The van der Waals surface area contributed by atoms with Crippen LogP contribution in [0.25, 0.3) is 0 Å². The normalized spacial score (nSPS) is 12.9. The first-order valence-electron chi connectivity index (χ1n) is 9.83. The quantitative estimate of drug-likeness (QED) is 0.668. The molecule has 2 rings (SSSR count). The molecule has 28 heavy (non-hydrogen) atoms. The van der Waals surface area contributed by atoms with E-state index in [4.69, 9.17) is 11.6 Å². The van der Waals surface area contributed by atoms with Crippen LogP contribution >= 0.6 is 11.6 Å². The van der Waals surface area contributed by atoms with Crippen LogP contribution in [0.2, 0.25) is 5.02 Å². The third-order valence-electron chi connectivity index (χ3n) is 4.88. The Labute approximate surface area is 172 Å². The molecule has 0 fully saturated rings. The van der Waals surface area contributed by atoms with Crippen molar-refractivity contribution in [3.05, 3.63) is 70.7 Å². The first kappa shape index (κ1) is 22.0. The van der Waals surface area contributed by atoms with Gasteiger partial charge in [-0.2, -0.15) is 0 Å². The highest BCUT2D eigenvalue weighted by atomic mass is 35.5. The number of rotatable bonds is 9. The highest BCUT2D eigenvalue weighted by molar-refractivity contribution is 6.31. The van der Waals surface area contributed by atoms with Gasteiger partial charge in [0.15, 0.2) is 0 Å². The Morgan fingerprint density at radius 1 is 1.00 bits per heavy atom. The molecule has 0 spiro atoms. The fourth-order valence-corrected chi connectivity index (χ4v) is 3.25. The zero-order chi connectivity index (χ0) is 20.5. The fraction of sp³-hybridized carbons (Fsp3) is 0.391. The number of amides is 2. The average Bonchev–Trinajstić information content (AvgIpc) is 2.70. The second-order valence-corrected chi connectivity index (χ2v) is 7.42. The van der Waals surface area contributed by atoms with Crippen LogP contribution in [0.15, 0.2) is 54.6 Å². The van der Waals surface area contributed by atoms with E-state index < -0.39 is 6.04 Å². The van der Waals surface area contributed by atoms with Gasteiger partial charge in [0.05, 0.1) is 6.42 Å². The Bertz CT molecular complexity index is 779. The molecule has 150 valence electrons. The third-order valence-corrected chi connectivity index (χ3v) is 5.25. The first-order valence-corrected chi connectivity index (χ1v) is 10.2. The molecule has 2 aromatic carbocycles. The molecule has 1 N–H and O–H groups in total. The van der Waals surface area contributed by atoms with Crippen molar-refractivity contribution < 1.29 is 9.59 Å². The zero-order valence-corrected chi connectivity index (χ0v) is 17.6. The van der Waals surface area contributed by atoms with Crippen molar-refractivity contribution in [2.24, 2.45) is 0 Å². The Morgan fingerprint density at radius 2 is 1.64 bits per heavy atom. The van der Waals surface area contributed by atoms with Crippen molar-refractivity contribution in [3.8, 4) is 0 Å². The summed E-state index contributed by atoms with van der Waals surface area (Å²) >= 11 is 6.25. The summed E-state index contributed by atoms with van der Waals surface area (Å²) in [5.74, 6) is -0.219. The van der Waals surface area contributed by atoms with E-state index in [1.165, 1.54) is 0 Å². The minimum absolute atomic E-state index is 0.0683. The van der Waals surface area contributed by atoms with Crippen molar-refractivity contribution >= 4 is 23.4 Å². The number of halogens is 1. The van der Waals surface area contributed by atoms with Gasteiger partial charge in [0.2, 0.25) is 11.8 Å². The monoisotopic (exact) mass is 400 g/mol. The maximum Gasteiger partial charge on any atom is 0.243 e. The second-order valence-electron chi connectivity index (χ2n) is 7.02. The summed E-state index contributed by atoms with van der Waals surface area (Å²) in [5, 5.41) is 3.58. The SMILES string of the molecule is CCC(C)NC(=O)C(CC)N(Cc1ccccc1)C(=O)Cc1ccccc1Cl. The molecule has 2 atom stereocenters. The maximum absolute atomic E-state index is 13.2. The topological polar surface area (TPSA) is 49.4 Å². The molecule has 0 heterocycles. The van der Waals surface area contributed by atoms with E-state index in [2.05, 4.69) is 5.32 Å². The van der Waals surface area contributed by atoms with Gasteiger partial charge >= 0.3 is 0 Å². The fourth-order valence-electron chi connectivity index (χ4n) is 3.05. The van der Waals surface area contributed by atoms with E-state index in [0.717, 1.165) is 17.5 Å². The maximum atomic E-state index is 13.2. The largest absolute Gasteiger partial charge is 0.352 e. The second kappa shape index (κ2) is 10.9. The summed E-state index contributed by atoms with van der Waals surface area (Å²) in [7, 11) is 0. The number of hydrogen-bond acceptors (Lipinski definition) is 2. The molecular weight excluding hydrogens is 372 g/mol.